The van der Waals surface area contributed by atoms with Crippen molar-refractivity contribution in [3.8, 4) is 34.5 Å². The van der Waals surface area contributed by atoms with Crippen molar-refractivity contribution in [3.63, 3.8) is 0 Å². The topological polar surface area (TPSA) is 55.4 Å². The number of aryl methyl sites for hydroxylation is 4. The largest absolute Gasteiger partial charge is 0.489 e. The molecule has 0 radical (unpaired) electrons. The molecular weight excluding hydrogens is 865 g/mol. The van der Waals surface area contributed by atoms with Crippen molar-refractivity contribution in [2.24, 2.45) is 0 Å². The van der Waals surface area contributed by atoms with Gasteiger partial charge in [0.1, 0.15) is 51.1 Å². The van der Waals surface area contributed by atoms with Crippen molar-refractivity contribution in [2.45, 2.75) is 106 Å². The van der Waals surface area contributed by atoms with E-state index >= 15 is 0 Å². The maximum absolute atomic E-state index is 6.65. The van der Waals surface area contributed by atoms with Crippen LogP contribution in [0, 0.1) is 27.7 Å². The zero-order valence-electron chi connectivity index (χ0n) is 41.8. The molecule has 0 amide bonds. The Morgan fingerprint density at radius 1 is 0.286 bits per heavy atom. The fourth-order valence-corrected chi connectivity index (χ4v) is 8.02. The maximum atomic E-state index is 6.65. The Labute approximate surface area is 415 Å². The maximum Gasteiger partial charge on any atom is 0.162 e. The zero-order valence-corrected chi connectivity index (χ0v) is 41.8. The molecule has 8 aromatic carbocycles. The van der Waals surface area contributed by atoms with Crippen LogP contribution in [0.4, 0.5) is 0 Å². The van der Waals surface area contributed by atoms with E-state index in [0.717, 1.165) is 56.9 Å². The third-order valence-corrected chi connectivity index (χ3v) is 12.5. The van der Waals surface area contributed by atoms with Crippen LogP contribution in [0.3, 0.4) is 0 Å². The predicted molar refractivity (Wildman–Crippen MR) is 283 cm³/mol. The van der Waals surface area contributed by atoms with Crippen molar-refractivity contribution >= 4 is 0 Å². The number of benzene rings is 8. The van der Waals surface area contributed by atoms with Gasteiger partial charge in [-0.05, 0) is 132 Å². The molecule has 8 aromatic rings. The molecule has 1 unspecified atom stereocenters. The molecule has 0 aliphatic rings. The molecule has 0 saturated carbocycles. The van der Waals surface area contributed by atoms with E-state index in [4.69, 9.17) is 28.4 Å². The van der Waals surface area contributed by atoms with Crippen LogP contribution < -0.4 is 28.4 Å². The van der Waals surface area contributed by atoms with Gasteiger partial charge < -0.3 is 28.4 Å². The third kappa shape index (κ3) is 14.3. The van der Waals surface area contributed by atoms with E-state index < -0.39 is 0 Å². The molecule has 0 bridgehead atoms. The van der Waals surface area contributed by atoms with Crippen LogP contribution in [0.25, 0.3) is 0 Å². The first kappa shape index (κ1) is 49.0. The van der Waals surface area contributed by atoms with Gasteiger partial charge in [0.25, 0.3) is 0 Å². The molecule has 0 aliphatic carbocycles. The first-order valence-corrected chi connectivity index (χ1v) is 24.5. The van der Waals surface area contributed by atoms with Crippen molar-refractivity contribution in [1.82, 2.24) is 0 Å². The summed E-state index contributed by atoms with van der Waals surface area (Å²) in [6.45, 7) is 17.4. The van der Waals surface area contributed by atoms with E-state index in [1.807, 2.05) is 42.5 Å². The van der Waals surface area contributed by atoms with E-state index in [0.29, 0.717) is 68.6 Å². The van der Waals surface area contributed by atoms with Crippen molar-refractivity contribution in [2.75, 3.05) is 0 Å². The summed E-state index contributed by atoms with van der Waals surface area (Å²) >= 11 is 0. The Kier molecular flexibility index (Phi) is 16.6. The first-order valence-electron chi connectivity index (χ1n) is 24.5. The zero-order chi connectivity index (χ0) is 48.8. The summed E-state index contributed by atoms with van der Waals surface area (Å²) in [4.78, 5) is 0. The van der Waals surface area contributed by atoms with Gasteiger partial charge in [-0.15, -0.1) is 0 Å². The monoisotopic (exact) mass is 930 g/mol. The molecule has 0 aromatic heterocycles. The highest BCUT2D eigenvalue weighted by Crippen LogP contribution is 2.35. The summed E-state index contributed by atoms with van der Waals surface area (Å²) in [6, 6.07) is 61.0. The highest BCUT2D eigenvalue weighted by Gasteiger charge is 2.15. The lowest BCUT2D eigenvalue weighted by Crippen LogP contribution is -2.05. The smallest absolute Gasteiger partial charge is 0.162 e. The van der Waals surface area contributed by atoms with Crippen molar-refractivity contribution < 1.29 is 28.4 Å². The van der Waals surface area contributed by atoms with Crippen LogP contribution >= 0.6 is 0 Å². The molecule has 6 nitrogen and oxygen atoms in total. The molecule has 358 valence electrons. The van der Waals surface area contributed by atoms with E-state index in [1.165, 1.54) is 33.4 Å². The SMILES string of the molecule is Cc1ccc(COc2ccc(COc3cc(OCc4ccc(OCc5ccc(C)cc5)c(OCc5ccc(C)cc5)c4)cc(C(C)Cc4ccc(C(C)C)cc4)c3)cc2OCc2ccc(C)cc2)cc1. The average Bonchev–Trinajstić information content (AvgIpc) is 3.37. The summed E-state index contributed by atoms with van der Waals surface area (Å²) in [7, 11) is 0. The molecule has 1 atom stereocenters. The summed E-state index contributed by atoms with van der Waals surface area (Å²) in [5.74, 6) is 4.80. The van der Waals surface area contributed by atoms with E-state index in [9.17, 15) is 0 Å². The second kappa shape index (κ2) is 23.7. The lowest BCUT2D eigenvalue weighted by Gasteiger charge is -2.18. The Morgan fingerprint density at radius 3 is 0.957 bits per heavy atom. The molecule has 70 heavy (non-hydrogen) atoms. The van der Waals surface area contributed by atoms with Gasteiger partial charge >= 0.3 is 0 Å². The molecule has 0 heterocycles. The van der Waals surface area contributed by atoms with Crippen LogP contribution in [0.2, 0.25) is 0 Å². The highest BCUT2D eigenvalue weighted by molar-refractivity contribution is 5.46. The lowest BCUT2D eigenvalue weighted by molar-refractivity contribution is 0.253. The fourth-order valence-electron chi connectivity index (χ4n) is 8.02. The number of rotatable bonds is 22. The summed E-state index contributed by atoms with van der Waals surface area (Å²) in [5.41, 5.74) is 14.9. The summed E-state index contributed by atoms with van der Waals surface area (Å²) in [5, 5.41) is 0. The van der Waals surface area contributed by atoms with Gasteiger partial charge in [-0.3, -0.25) is 0 Å². The van der Waals surface area contributed by atoms with Gasteiger partial charge in [-0.2, -0.15) is 0 Å². The third-order valence-electron chi connectivity index (χ3n) is 12.5. The molecule has 8 rings (SSSR count). The van der Waals surface area contributed by atoms with Crippen molar-refractivity contribution in [3.05, 3.63) is 248 Å². The van der Waals surface area contributed by atoms with E-state index in [2.05, 4.69) is 182 Å². The summed E-state index contributed by atoms with van der Waals surface area (Å²) < 4.78 is 39.0. The Balaban J connectivity index is 1.02. The number of hydrogen-bond acceptors (Lipinski definition) is 6. The van der Waals surface area contributed by atoms with Crippen LogP contribution in [0.5, 0.6) is 34.5 Å². The molecule has 0 N–H and O–H groups in total. The van der Waals surface area contributed by atoms with Crippen LogP contribution in [0.1, 0.15) is 105 Å². The average molecular weight is 931 g/mol. The molecule has 6 heteroatoms. The highest BCUT2D eigenvalue weighted by atomic mass is 16.5. The van der Waals surface area contributed by atoms with Gasteiger partial charge in [0.15, 0.2) is 23.0 Å². The number of ether oxygens (including phenoxy) is 6. The van der Waals surface area contributed by atoms with Gasteiger partial charge in [0.05, 0.1) is 0 Å². The summed E-state index contributed by atoms with van der Waals surface area (Å²) in [6.07, 6.45) is 0.874. The van der Waals surface area contributed by atoms with Gasteiger partial charge in [-0.25, -0.2) is 0 Å². The fraction of sp³-hybridized carbons (Fsp3) is 0.250. The van der Waals surface area contributed by atoms with E-state index in [-0.39, 0.29) is 5.92 Å². The predicted octanol–water partition coefficient (Wildman–Crippen LogP) is 15.9. The van der Waals surface area contributed by atoms with E-state index in [1.54, 1.807) is 0 Å². The quantitative estimate of drug-likeness (QED) is 0.0675. The lowest BCUT2D eigenvalue weighted by atomic mass is 9.92. The first-order chi connectivity index (χ1) is 34.0. The van der Waals surface area contributed by atoms with Crippen LogP contribution in [0.15, 0.2) is 176 Å². The molecule has 0 saturated heterocycles. The Morgan fingerprint density at radius 2 is 0.600 bits per heavy atom. The molecular formula is C64H66O6. The minimum atomic E-state index is 0.189. The van der Waals surface area contributed by atoms with Gasteiger partial charge in [-0.1, -0.05) is 176 Å². The minimum absolute atomic E-state index is 0.189. The van der Waals surface area contributed by atoms with Crippen LogP contribution in [-0.2, 0) is 46.1 Å². The second-order valence-electron chi connectivity index (χ2n) is 19.0. The van der Waals surface area contributed by atoms with Crippen LogP contribution in [-0.4, -0.2) is 0 Å². The molecule has 0 aliphatic heterocycles. The number of hydrogen-bond donors (Lipinski definition) is 0. The van der Waals surface area contributed by atoms with Crippen molar-refractivity contribution in [1.29, 1.82) is 0 Å². The Bertz CT molecular complexity index is 2730. The Hall–Kier alpha value is -7.44. The minimum Gasteiger partial charge on any atom is -0.489 e. The molecule has 0 spiro atoms. The molecule has 0 fully saturated rings. The van der Waals surface area contributed by atoms with Gasteiger partial charge in [0.2, 0.25) is 0 Å². The second-order valence-corrected chi connectivity index (χ2v) is 19.0. The normalized spacial score (nSPS) is 11.5. The standard InChI is InChI=1S/C64H66O6/c1-44(2)57-28-24-50(25-29-57)32-49(7)58-35-59(65-42-55-26-30-61(67-38-51-16-8-45(3)9-17-51)63(33-55)69-40-53-20-12-47(5)13-21-53)37-60(36-58)66-43-56-27-31-62(68-39-52-18-10-46(4)11-19-52)64(34-56)70-41-54-22-14-48(6)15-23-54/h8-31,33-37,44,49H,32,38-43H2,1-7H3. The van der Waals surface area contributed by atoms with Gasteiger partial charge in [0, 0.05) is 6.07 Å².